The molecule has 1 aliphatic rings. The highest BCUT2D eigenvalue weighted by molar-refractivity contribution is 5.70. The van der Waals surface area contributed by atoms with Gasteiger partial charge in [0.2, 0.25) is 0 Å². The molecule has 2 aromatic carbocycles. The summed E-state index contributed by atoms with van der Waals surface area (Å²) in [6, 6.07) is 3.68. The number of aryl methyl sites for hydroxylation is 1. The Kier molecular flexibility index (Phi) is 9.94. The van der Waals surface area contributed by atoms with Gasteiger partial charge in [-0.1, -0.05) is 25.0 Å². The zero-order valence-electron chi connectivity index (χ0n) is 24.9. The van der Waals surface area contributed by atoms with Crippen molar-refractivity contribution < 1.29 is 49.4 Å². The first-order valence-electron chi connectivity index (χ1n) is 14.2. The minimum absolute atomic E-state index is 0.0138. The number of piperidine rings is 1. The average Bonchev–Trinajstić information content (AvgIpc) is 3.38. The van der Waals surface area contributed by atoms with Gasteiger partial charge in [0.25, 0.3) is 5.95 Å². The zero-order chi connectivity index (χ0) is 34.2. The van der Waals surface area contributed by atoms with Gasteiger partial charge in [0.05, 0.1) is 29.7 Å². The van der Waals surface area contributed by atoms with Crippen LogP contribution in [0.3, 0.4) is 0 Å². The maximum Gasteiger partial charge on any atom is 0.416 e. The molecule has 2 heterocycles. The number of benzene rings is 2. The van der Waals surface area contributed by atoms with Crippen molar-refractivity contribution in [2.75, 3.05) is 18.0 Å². The summed E-state index contributed by atoms with van der Waals surface area (Å²) < 4.78 is 123. The van der Waals surface area contributed by atoms with Crippen molar-refractivity contribution in [1.29, 1.82) is 0 Å². The highest BCUT2D eigenvalue weighted by Crippen LogP contribution is 2.40. The van der Waals surface area contributed by atoms with Crippen LogP contribution in [0.5, 0.6) is 0 Å². The summed E-state index contributed by atoms with van der Waals surface area (Å²) in [6.07, 6.45) is -14.3. The van der Waals surface area contributed by atoms with E-state index >= 15 is 0 Å². The molecule has 46 heavy (non-hydrogen) atoms. The molecule has 0 amide bonds. The maximum absolute atomic E-state index is 13.9. The summed E-state index contributed by atoms with van der Waals surface area (Å²) in [7, 11) is 1.37. The number of tetrazole rings is 1. The third kappa shape index (κ3) is 8.27. The van der Waals surface area contributed by atoms with Crippen LogP contribution in [0.4, 0.5) is 45.5 Å². The summed E-state index contributed by atoms with van der Waals surface area (Å²) >= 11 is 0. The molecule has 1 fully saturated rings. The number of rotatable bonds is 9. The number of hydrogen-bond acceptors (Lipinski definition) is 6. The van der Waals surface area contributed by atoms with E-state index in [0.29, 0.717) is 43.6 Å². The van der Waals surface area contributed by atoms with Crippen molar-refractivity contribution in [3.05, 3.63) is 69.8 Å². The second kappa shape index (κ2) is 13.1. The van der Waals surface area contributed by atoms with Gasteiger partial charge in [0, 0.05) is 19.1 Å². The van der Waals surface area contributed by atoms with Crippen LogP contribution in [-0.4, -0.2) is 49.3 Å². The summed E-state index contributed by atoms with van der Waals surface area (Å²) in [6.45, 7) is 3.32. The predicted molar refractivity (Wildman–Crippen MR) is 146 cm³/mol. The van der Waals surface area contributed by atoms with Crippen LogP contribution in [0, 0.1) is 11.8 Å². The van der Waals surface area contributed by atoms with Gasteiger partial charge in [0.1, 0.15) is 0 Å². The molecule has 0 saturated carbocycles. The van der Waals surface area contributed by atoms with E-state index in [1.54, 1.807) is 0 Å². The number of hydrogen-bond donors (Lipinski definition) is 1. The lowest BCUT2D eigenvalue weighted by Gasteiger charge is -2.40. The Bertz CT molecular complexity index is 1490. The fourth-order valence-corrected chi connectivity index (χ4v) is 5.74. The molecular weight excluding hydrogens is 635 g/mol. The van der Waals surface area contributed by atoms with Gasteiger partial charge in [0.15, 0.2) is 0 Å². The number of carbonyl (C=O) groups is 1. The van der Waals surface area contributed by atoms with Crippen molar-refractivity contribution >= 4 is 11.9 Å². The van der Waals surface area contributed by atoms with Gasteiger partial charge < -0.3 is 10.0 Å². The van der Waals surface area contributed by atoms with Crippen LogP contribution < -0.4 is 4.90 Å². The van der Waals surface area contributed by atoms with Gasteiger partial charge in [-0.25, -0.2) is 0 Å². The lowest BCUT2D eigenvalue weighted by atomic mass is 9.86. The molecule has 1 saturated heterocycles. The van der Waals surface area contributed by atoms with E-state index in [9.17, 15) is 49.4 Å². The first kappa shape index (κ1) is 35.0. The standard InChI is InChI=1S/C29H31F9N6O2/c1-16(2)24(43-8-6-18(7-9-43)25(45)46)23-5-4-20(27(30,31)32)12-19(23)15-44(26-39-41-42(3)40-26)14-17-10-21(28(33,34)35)13-22(11-17)29(36,37)38/h4-5,10-13,16,18,24H,6-9,14-15H2,1-3H3,(H,45,46)/t24-/m0/s1. The summed E-state index contributed by atoms with van der Waals surface area (Å²) in [5, 5.41) is 21.0. The van der Waals surface area contributed by atoms with Crippen LogP contribution in [0.1, 0.15) is 66.1 Å². The predicted octanol–water partition coefficient (Wildman–Crippen LogP) is 6.97. The molecule has 0 radical (unpaired) electrons. The fourth-order valence-electron chi connectivity index (χ4n) is 5.74. The molecule has 0 unspecified atom stereocenters. The summed E-state index contributed by atoms with van der Waals surface area (Å²) in [5.41, 5.74) is -4.01. The third-order valence-corrected chi connectivity index (χ3v) is 7.86. The van der Waals surface area contributed by atoms with Crippen molar-refractivity contribution in [3.8, 4) is 0 Å². The first-order chi connectivity index (χ1) is 21.2. The van der Waals surface area contributed by atoms with Crippen molar-refractivity contribution in [1.82, 2.24) is 25.1 Å². The van der Waals surface area contributed by atoms with Crippen LogP contribution >= 0.6 is 0 Å². The number of carboxylic acid groups (broad SMARTS) is 1. The molecule has 1 N–H and O–H groups in total. The Morgan fingerprint density at radius 3 is 1.91 bits per heavy atom. The number of alkyl halides is 9. The van der Waals surface area contributed by atoms with Crippen LogP contribution in [0.25, 0.3) is 0 Å². The van der Waals surface area contributed by atoms with Crippen LogP contribution in [0.2, 0.25) is 0 Å². The highest BCUT2D eigenvalue weighted by atomic mass is 19.4. The van der Waals surface area contributed by atoms with Gasteiger partial charge in [-0.15, -0.1) is 5.10 Å². The van der Waals surface area contributed by atoms with Crippen LogP contribution in [-0.2, 0) is 43.5 Å². The van der Waals surface area contributed by atoms with E-state index in [1.165, 1.54) is 13.1 Å². The van der Waals surface area contributed by atoms with Crippen molar-refractivity contribution in [2.45, 2.75) is 64.3 Å². The topological polar surface area (TPSA) is 87.4 Å². The van der Waals surface area contributed by atoms with E-state index in [-0.39, 0.29) is 23.5 Å². The number of likely N-dealkylation sites (tertiary alicyclic amines) is 1. The molecule has 1 aliphatic heterocycles. The van der Waals surface area contributed by atoms with Gasteiger partial charge in [-0.05, 0) is 84.1 Å². The van der Waals surface area contributed by atoms with E-state index in [0.717, 1.165) is 21.8 Å². The van der Waals surface area contributed by atoms with Crippen LogP contribution in [0.15, 0.2) is 36.4 Å². The number of aliphatic carboxylic acids is 1. The Hall–Kier alpha value is -3.89. The quantitative estimate of drug-likeness (QED) is 0.247. The molecule has 1 atom stereocenters. The number of aromatic nitrogens is 4. The van der Waals surface area contributed by atoms with Gasteiger partial charge in [-0.3, -0.25) is 9.69 Å². The number of halogens is 9. The maximum atomic E-state index is 13.9. The monoisotopic (exact) mass is 666 g/mol. The summed E-state index contributed by atoms with van der Waals surface area (Å²) in [4.78, 5) is 15.6. The molecule has 0 bridgehead atoms. The second-order valence-electron chi connectivity index (χ2n) is 11.6. The molecule has 0 spiro atoms. The number of nitrogens with zero attached hydrogens (tertiary/aromatic N) is 6. The van der Waals surface area contributed by atoms with Crippen molar-refractivity contribution in [2.24, 2.45) is 18.9 Å². The second-order valence-corrected chi connectivity index (χ2v) is 11.6. The third-order valence-electron chi connectivity index (χ3n) is 7.86. The van der Waals surface area contributed by atoms with E-state index in [2.05, 4.69) is 15.4 Å². The lowest BCUT2D eigenvalue weighted by molar-refractivity contribution is -0.144. The Balaban J connectivity index is 1.81. The summed E-state index contributed by atoms with van der Waals surface area (Å²) in [5.74, 6) is -1.92. The molecule has 17 heteroatoms. The van der Waals surface area contributed by atoms with Gasteiger partial charge >= 0.3 is 24.5 Å². The SMILES string of the molecule is CC(C)[C@@H](c1ccc(C(F)(F)F)cc1CN(Cc1cc(C(F)(F)F)cc(C(F)(F)F)c1)c1nnn(C)n1)N1CCC(C(=O)O)CC1. The molecule has 8 nitrogen and oxygen atoms in total. The fraction of sp³-hybridized carbons (Fsp3) is 0.517. The van der Waals surface area contributed by atoms with Crippen molar-refractivity contribution in [3.63, 3.8) is 0 Å². The average molecular weight is 667 g/mol. The van der Waals surface area contributed by atoms with E-state index in [1.807, 2.05) is 18.7 Å². The zero-order valence-corrected chi connectivity index (χ0v) is 24.9. The minimum atomic E-state index is -5.11. The Labute approximate surface area is 257 Å². The number of anilines is 1. The van der Waals surface area contributed by atoms with Gasteiger partial charge in [-0.2, -0.15) is 44.3 Å². The molecule has 4 rings (SSSR count). The number of carboxylic acids is 1. The Morgan fingerprint density at radius 2 is 1.46 bits per heavy atom. The van der Waals surface area contributed by atoms with E-state index in [4.69, 9.17) is 0 Å². The molecular formula is C29H31F9N6O2. The molecule has 3 aromatic rings. The minimum Gasteiger partial charge on any atom is -0.481 e. The normalized spacial score (nSPS) is 16.2. The Morgan fingerprint density at radius 1 is 0.891 bits per heavy atom. The smallest absolute Gasteiger partial charge is 0.416 e. The highest BCUT2D eigenvalue weighted by Gasteiger charge is 2.38. The molecule has 1 aromatic heterocycles. The largest absolute Gasteiger partial charge is 0.481 e. The molecule has 252 valence electrons. The lowest BCUT2D eigenvalue weighted by Crippen LogP contribution is -2.41. The molecule has 0 aliphatic carbocycles. The van der Waals surface area contributed by atoms with E-state index < -0.39 is 71.8 Å². The first-order valence-corrected chi connectivity index (χ1v) is 14.2.